The average Bonchev–Trinajstić information content (AvgIpc) is 2.41. The highest BCUT2D eigenvalue weighted by molar-refractivity contribution is 7.99. The van der Waals surface area contributed by atoms with Crippen LogP contribution in [-0.4, -0.2) is 19.6 Å². The van der Waals surface area contributed by atoms with E-state index in [0.29, 0.717) is 0 Å². The number of aromatic hydroxyl groups is 1. The highest BCUT2D eigenvalue weighted by atomic mass is 32.2. The van der Waals surface area contributed by atoms with Gasteiger partial charge in [0.25, 0.3) is 0 Å². The quantitative estimate of drug-likeness (QED) is 0.864. The molecule has 0 spiro atoms. The molecule has 0 aliphatic rings. The second-order valence-corrected chi connectivity index (χ2v) is 7.78. The minimum atomic E-state index is -0.172. The summed E-state index contributed by atoms with van der Waals surface area (Å²) in [5.41, 5.74) is 0.765. The lowest BCUT2D eigenvalue weighted by atomic mass is 10.1. The van der Waals surface area contributed by atoms with Crippen LogP contribution in [0.4, 0.5) is 0 Å². The van der Waals surface area contributed by atoms with E-state index in [1.807, 2.05) is 32.5 Å². The summed E-state index contributed by atoms with van der Waals surface area (Å²) in [6, 6.07) is 1.75. The Morgan fingerprint density at radius 1 is 1.25 bits per heavy atom. The van der Waals surface area contributed by atoms with Crippen LogP contribution in [0.5, 0.6) is 5.88 Å². The number of thioether (sulfide) groups is 1. The smallest absolute Gasteiger partial charge is 0.210 e. The van der Waals surface area contributed by atoms with E-state index in [1.54, 1.807) is 10.7 Å². The lowest BCUT2D eigenvalue weighted by molar-refractivity contribution is 0.294. The molecule has 16 heavy (non-hydrogen) atoms. The monoisotopic (exact) mass is 242 g/mol. The molecule has 0 aromatic carbocycles. The number of aromatic nitrogens is 2. The fourth-order valence-corrected chi connectivity index (χ4v) is 2.00. The normalized spacial score (nSPS) is 13.1. The molecule has 4 heteroatoms. The van der Waals surface area contributed by atoms with Gasteiger partial charge in [0.15, 0.2) is 0 Å². The third kappa shape index (κ3) is 3.74. The first kappa shape index (κ1) is 13.4. The Kier molecular flexibility index (Phi) is 3.62. The zero-order valence-corrected chi connectivity index (χ0v) is 11.9. The molecule has 0 radical (unpaired) electrons. The van der Waals surface area contributed by atoms with Crippen molar-refractivity contribution >= 4 is 11.8 Å². The fourth-order valence-electron chi connectivity index (χ4n) is 1.27. The van der Waals surface area contributed by atoms with Gasteiger partial charge in [0, 0.05) is 16.6 Å². The summed E-state index contributed by atoms with van der Waals surface area (Å²) in [7, 11) is 0. The average molecular weight is 242 g/mol. The molecule has 1 N–H and O–H groups in total. The Morgan fingerprint density at radius 3 is 2.19 bits per heavy atom. The van der Waals surface area contributed by atoms with Crippen molar-refractivity contribution in [2.45, 2.75) is 57.6 Å². The molecule has 0 amide bonds. The molecule has 1 heterocycles. The first-order valence-electron chi connectivity index (χ1n) is 5.52. The largest absolute Gasteiger partial charge is 0.493 e. The van der Waals surface area contributed by atoms with Crippen LogP contribution in [0, 0.1) is 0 Å². The predicted octanol–water partition coefficient (Wildman–Crippen LogP) is 3.38. The van der Waals surface area contributed by atoms with Gasteiger partial charge in [-0.2, -0.15) is 5.10 Å². The molecular weight excluding hydrogens is 220 g/mol. The maximum absolute atomic E-state index is 9.79. The van der Waals surface area contributed by atoms with Crippen molar-refractivity contribution in [3.05, 3.63) is 11.8 Å². The van der Waals surface area contributed by atoms with Gasteiger partial charge in [-0.15, -0.1) is 11.8 Å². The predicted molar refractivity (Wildman–Crippen MR) is 69.9 cm³/mol. The molecule has 0 bridgehead atoms. The molecule has 1 aromatic heterocycles. The molecule has 0 aliphatic heterocycles. The SMILES string of the molecule is CC(C)(C)SCc1cc(O)n(C(C)(C)C)n1. The Morgan fingerprint density at radius 2 is 1.81 bits per heavy atom. The van der Waals surface area contributed by atoms with E-state index in [0.717, 1.165) is 11.4 Å². The standard InChI is InChI=1S/C12H22N2OS/c1-11(2,3)14-10(15)7-9(13-14)8-16-12(4,5)6/h7,15H,8H2,1-6H3. The summed E-state index contributed by atoms with van der Waals surface area (Å²) in [5, 5.41) is 14.2. The number of rotatable bonds is 2. The maximum Gasteiger partial charge on any atom is 0.210 e. The minimum absolute atomic E-state index is 0.172. The molecule has 0 atom stereocenters. The van der Waals surface area contributed by atoms with Gasteiger partial charge in [-0.05, 0) is 20.8 Å². The summed E-state index contributed by atoms with van der Waals surface area (Å²) in [6.45, 7) is 12.6. The van der Waals surface area contributed by atoms with E-state index in [9.17, 15) is 5.11 Å². The molecule has 0 saturated carbocycles. The number of nitrogens with zero attached hydrogens (tertiary/aromatic N) is 2. The summed E-state index contributed by atoms with van der Waals surface area (Å²) in [6.07, 6.45) is 0. The van der Waals surface area contributed by atoms with Crippen molar-refractivity contribution < 1.29 is 5.11 Å². The van der Waals surface area contributed by atoms with Crippen LogP contribution < -0.4 is 0 Å². The second-order valence-electron chi connectivity index (χ2n) is 5.98. The van der Waals surface area contributed by atoms with Gasteiger partial charge in [0.1, 0.15) is 0 Å². The Balaban J connectivity index is 2.78. The lowest BCUT2D eigenvalue weighted by Crippen LogP contribution is -2.22. The van der Waals surface area contributed by atoms with E-state index in [4.69, 9.17) is 0 Å². The van der Waals surface area contributed by atoms with Crippen molar-refractivity contribution in [3.8, 4) is 5.88 Å². The van der Waals surface area contributed by atoms with Crippen LogP contribution in [0.25, 0.3) is 0 Å². The summed E-state index contributed by atoms with van der Waals surface area (Å²) >= 11 is 1.83. The van der Waals surface area contributed by atoms with Crippen LogP contribution >= 0.6 is 11.8 Å². The maximum atomic E-state index is 9.79. The second kappa shape index (κ2) is 4.32. The molecular formula is C12H22N2OS. The van der Waals surface area contributed by atoms with Gasteiger partial charge in [-0.3, -0.25) is 0 Å². The number of hydrogen-bond donors (Lipinski definition) is 1. The third-order valence-electron chi connectivity index (χ3n) is 2.03. The van der Waals surface area contributed by atoms with Gasteiger partial charge in [0.05, 0.1) is 11.2 Å². The molecule has 0 saturated heterocycles. The van der Waals surface area contributed by atoms with Crippen molar-refractivity contribution in [1.29, 1.82) is 0 Å². The van der Waals surface area contributed by atoms with E-state index in [-0.39, 0.29) is 16.2 Å². The summed E-state index contributed by atoms with van der Waals surface area (Å²) < 4.78 is 1.90. The van der Waals surface area contributed by atoms with Crippen molar-refractivity contribution in [2.24, 2.45) is 0 Å². The first-order chi connectivity index (χ1) is 7.09. The Labute approximate surface area is 102 Å². The number of hydrogen-bond acceptors (Lipinski definition) is 3. The lowest BCUT2D eigenvalue weighted by Gasteiger charge is -2.20. The van der Waals surface area contributed by atoms with Crippen LogP contribution in [0.15, 0.2) is 6.07 Å². The van der Waals surface area contributed by atoms with E-state index in [2.05, 4.69) is 25.9 Å². The first-order valence-corrected chi connectivity index (χ1v) is 6.50. The van der Waals surface area contributed by atoms with Crippen molar-refractivity contribution in [2.75, 3.05) is 0 Å². The zero-order chi connectivity index (χ0) is 12.6. The fraction of sp³-hybridized carbons (Fsp3) is 0.750. The topological polar surface area (TPSA) is 38.0 Å². The third-order valence-corrected chi connectivity index (χ3v) is 3.34. The molecule has 0 unspecified atom stereocenters. The van der Waals surface area contributed by atoms with Crippen LogP contribution in [0.1, 0.15) is 47.2 Å². The van der Waals surface area contributed by atoms with E-state index in [1.165, 1.54) is 0 Å². The van der Waals surface area contributed by atoms with Crippen molar-refractivity contribution in [3.63, 3.8) is 0 Å². The highest BCUT2D eigenvalue weighted by Gasteiger charge is 2.20. The summed E-state index contributed by atoms with van der Waals surface area (Å²) in [4.78, 5) is 0. The van der Waals surface area contributed by atoms with Gasteiger partial charge in [0.2, 0.25) is 5.88 Å². The molecule has 1 aromatic rings. The van der Waals surface area contributed by atoms with E-state index < -0.39 is 0 Å². The minimum Gasteiger partial charge on any atom is -0.493 e. The molecule has 3 nitrogen and oxygen atoms in total. The molecule has 92 valence electrons. The zero-order valence-electron chi connectivity index (χ0n) is 11.0. The Hall–Kier alpha value is -0.640. The molecule has 1 rings (SSSR count). The van der Waals surface area contributed by atoms with Gasteiger partial charge in [-0.1, -0.05) is 20.8 Å². The van der Waals surface area contributed by atoms with Crippen LogP contribution in [-0.2, 0) is 11.3 Å². The summed E-state index contributed by atoms with van der Waals surface area (Å²) in [5.74, 6) is 1.08. The highest BCUT2D eigenvalue weighted by Crippen LogP contribution is 2.29. The van der Waals surface area contributed by atoms with Crippen LogP contribution in [0.2, 0.25) is 0 Å². The van der Waals surface area contributed by atoms with Crippen molar-refractivity contribution in [1.82, 2.24) is 9.78 Å². The van der Waals surface area contributed by atoms with Crippen LogP contribution in [0.3, 0.4) is 0 Å². The molecule has 0 aliphatic carbocycles. The Bertz CT molecular complexity index is 358. The van der Waals surface area contributed by atoms with E-state index >= 15 is 0 Å². The van der Waals surface area contributed by atoms with Gasteiger partial charge < -0.3 is 5.11 Å². The van der Waals surface area contributed by atoms with Gasteiger partial charge >= 0.3 is 0 Å². The van der Waals surface area contributed by atoms with Gasteiger partial charge in [-0.25, -0.2) is 4.68 Å². The molecule has 0 fully saturated rings.